The minimum atomic E-state index is -4.67. The van der Waals surface area contributed by atoms with Gasteiger partial charge in [-0.15, -0.1) is 0 Å². The van der Waals surface area contributed by atoms with Gasteiger partial charge < -0.3 is 0 Å². The molecule has 0 rings (SSSR count). The Morgan fingerprint density at radius 1 is 1.00 bits per heavy atom. The zero-order chi connectivity index (χ0) is 8.08. The summed E-state index contributed by atoms with van der Waals surface area (Å²) in [6.45, 7) is 0. The van der Waals surface area contributed by atoms with E-state index in [1.807, 2.05) is 0 Å². The summed E-state index contributed by atoms with van der Waals surface area (Å²) < 4.78 is 57.2. The first-order chi connectivity index (χ1) is 3.73. The van der Waals surface area contributed by atoms with Gasteiger partial charge in [0.05, 0.1) is 0 Å². The van der Waals surface area contributed by atoms with Gasteiger partial charge in [0.25, 0.3) is 0 Å². The third-order valence-electron chi connectivity index (χ3n) is 0. The van der Waals surface area contributed by atoms with E-state index in [1.165, 1.54) is 0 Å². The fourth-order valence-electron chi connectivity index (χ4n) is 0. The van der Waals surface area contributed by atoms with E-state index in [4.69, 9.17) is 28.9 Å². The summed E-state index contributed by atoms with van der Waals surface area (Å²) in [7, 11) is -4.67. The SMILES string of the molecule is O=S(=O)(O)O.[Mn].[O]=[Cr](=[O])=[O]. The van der Waals surface area contributed by atoms with Gasteiger partial charge in [-0.05, 0) is 0 Å². The van der Waals surface area contributed by atoms with Gasteiger partial charge in [0.1, 0.15) is 0 Å². The Labute approximate surface area is 70.5 Å². The molecule has 0 aromatic carbocycles. The van der Waals surface area contributed by atoms with Gasteiger partial charge in [0.15, 0.2) is 0 Å². The topological polar surface area (TPSA) is 126 Å². The summed E-state index contributed by atoms with van der Waals surface area (Å²) in [4.78, 5) is 0. The summed E-state index contributed by atoms with van der Waals surface area (Å²) in [6.07, 6.45) is 0. The Bertz CT molecular complexity index is 226. The van der Waals surface area contributed by atoms with Crippen molar-refractivity contribution in [3.05, 3.63) is 0 Å². The summed E-state index contributed by atoms with van der Waals surface area (Å²) in [6, 6.07) is 0. The zero-order valence-corrected chi connectivity index (χ0v) is 7.40. The van der Waals surface area contributed by atoms with Crippen LogP contribution in [0.1, 0.15) is 0 Å². The first-order valence-corrected chi connectivity index (χ1v) is 4.16. The maximum atomic E-state index is 8.74. The Balaban J connectivity index is -0.0000000910. The van der Waals surface area contributed by atoms with Gasteiger partial charge in [-0.25, -0.2) is 0 Å². The third-order valence-corrected chi connectivity index (χ3v) is 0. The fourth-order valence-corrected chi connectivity index (χ4v) is 0. The monoisotopic (exact) mass is 253 g/mol. The predicted molar refractivity (Wildman–Crippen MR) is 16.2 cm³/mol. The van der Waals surface area contributed by atoms with Crippen LogP contribution in [0.25, 0.3) is 0 Å². The Kier molecular flexibility index (Phi) is 12.4. The van der Waals surface area contributed by atoms with Crippen molar-refractivity contribution in [2.24, 2.45) is 0 Å². The van der Waals surface area contributed by atoms with Crippen LogP contribution in [0.2, 0.25) is 0 Å². The summed E-state index contributed by atoms with van der Waals surface area (Å²) in [5.74, 6) is 0. The van der Waals surface area contributed by atoms with Crippen LogP contribution in [0, 0.1) is 0 Å². The normalized spacial score (nSPS) is 8.20. The molecule has 0 amide bonds. The first kappa shape index (κ1) is 16.7. The van der Waals surface area contributed by atoms with E-state index in [9.17, 15) is 0 Å². The van der Waals surface area contributed by atoms with Gasteiger partial charge >= 0.3 is 35.8 Å². The van der Waals surface area contributed by atoms with Gasteiger partial charge in [0, 0.05) is 17.1 Å². The molecule has 0 aliphatic heterocycles. The van der Waals surface area contributed by atoms with Crippen LogP contribution in [0.15, 0.2) is 0 Å². The molecule has 0 unspecified atom stereocenters. The van der Waals surface area contributed by atoms with Crippen LogP contribution in [0.3, 0.4) is 0 Å². The quantitative estimate of drug-likeness (QED) is 0.418. The summed E-state index contributed by atoms with van der Waals surface area (Å²) in [5, 5.41) is 0. The molecule has 1 radical (unpaired) electrons. The molecule has 0 spiro atoms. The van der Waals surface area contributed by atoms with Crippen molar-refractivity contribution < 1.29 is 60.0 Å². The molecule has 0 fully saturated rings. The molecule has 10 heteroatoms. The Morgan fingerprint density at radius 3 is 1.00 bits per heavy atom. The maximum absolute atomic E-state index is 8.74. The molecule has 0 aromatic heterocycles. The van der Waals surface area contributed by atoms with Crippen molar-refractivity contribution in [1.29, 1.82) is 0 Å². The fraction of sp³-hybridized carbons (Fsp3) is 0. The van der Waals surface area contributed by atoms with Crippen LogP contribution >= 0.6 is 0 Å². The molecule has 0 aromatic rings. The molecule has 0 bridgehead atoms. The average Bonchev–Trinajstić information content (AvgIpc) is 1.19. The minimum absolute atomic E-state index is 0. The van der Waals surface area contributed by atoms with E-state index < -0.39 is 24.4 Å². The molecule has 0 saturated carbocycles. The van der Waals surface area contributed by atoms with Gasteiger partial charge in [-0.2, -0.15) is 8.42 Å². The van der Waals surface area contributed by atoms with Crippen molar-refractivity contribution in [2.45, 2.75) is 0 Å². The predicted octanol–water partition coefficient (Wildman–Crippen LogP) is -1.01. The van der Waals surface area contributed by atoms with Crippen LogP contribution in [-0.4, -0.2) is 17.5 Å². The number of rotatable bonds is 0. The van der Waals surface area contributed by atoms with Gasteiger partial charge in [0.2, 0.25) is 0 Å². The van der Waals surface area contributed by atoms with Crippen LogP contribution in [-0.2, 0) is 52.8 Å². The second kappa shape index (κ2) is 7.43. The molecule has 0 aliphatic carbocycles. The van der Waals surface area contributed by atoms with Crippen LogP contribution in [0.4, 0.5) is 0 Å². The molecule has 7 nitrogen and oxygen atoms in total. The standard InChI is InChI=1S/Cr.Mn.H2O4S.3O/c;;1-5(2,3)4;;;/h;;(H2,1,2,3,4);;;. The molecule has 0 heterocycles. The molecule has 0 atom stereocenters. The second-order valence-corrected chi connectivity index (χ2v) is 2.19. The number of hydrogen-bond donors (Lipinski definition) is 2. The molecule has 2 N–H and O–H groups in total. The van der Waals surface area contributed by atoms with Crippen LogP contribution in [0.5, 0.6) is 0 Å². The summed E-state index contributed by atoms with van der Waals surface area (Å²) in [5.41, 5.74) is 0. The first-order valence-electron chi connectivity index (χ1n) is 1.20. The van der Waals surface area contributed by atoms with E-state index in [0.717, 1.165) is 0 Å². The average molecular weight is 253 g/mol. The molecular formula is H2CrMnO7S. The van der Waals surface area contributed by atoms with E-state index in [0.29, 0.717) is 0 Å². The van der Waals surface area contributed by atoms with Crippen molar-refractivity contribution >= 4 is 10.4 Å². The van der Waals surface area contributed by atoms with E-state index in [2.05, 4.69) is 0 Å². The Hall–Kier alpha value is 0.322. The van der Waals surface area contributed by atoms with Crippen molar-refractivity contribution in [2.75, 3.05) is 0 Å². The van der Waals surface area contributed by atoms with Crippen LogP contribution < -0.4 is 0 Å². The van der Waals surface area contributed by atoms with Gasteiger partial charge in [-0.3, -0.25) is 9.11 Å². The van der Waals surface area contributed by atoms with E-state index >= 15 is 0 Å². The molecule has 0 aliphatic rings. The summed E-state index contributed by atoms with van der Waals surface area (Å²) >= 11 is -3.79. The van der Waals surface area contributed by atoms with E-state index in [1.54, 1.807) is 0 Å². The zero-order valence-electron chi connectivity index (χ0n) is 4.13. The molecule has 0 saturated heterocycles. The van der Waals surface area contributed by atoms with Crippen molar-refractivity contribution in [1.82, 2.24) is 0 Å². The van der Waals surface area contributed by atoms with Gasteiger partial charge in [-0.1, -0.05) is 0 Å². The van der Waals surface area contributed by atoms with Crippen molar-refractivity contribution in [3.8, 4) is 0 Å². The molecule has 63 valence electrons. The third kappa shape index (κ3) is 4300. The number of hydrogen-bond acceptors (Lipinski definition) is 5. The molecular weight excluding hydrogens is 251 g/mol. The van der Waals surface area contributed by atoms with Crippen molar-refractivity contribution in [3.63, 3.8) is 0 Å². The Morgan fingerprint density at radius 2 is 1.00 bits per heavy atom. The van der Waals surface area contributed by atoms with E-state index in [-0.39, 0.29) is 17.1 Å². The molecule has 10 heavy (non-hydrogen) atoms. The second-order valence-electron chi connectivity index (χ2n) is 0.652.